The Labute approximate surface area is 97.0 Å². The lowest BCUT2D eigenvalue weighted by atomic mass is 10.1. The maximum atomic E-state index is 9.14. The van der Waals surface area contributed by atoms with Gasteiger partial charge in [-0.1, -0.05) is 17.7 Å². The highest BCUT2D eigenvalue weighted by atomic mass is 16.5. The van der Waals surface area contributed by atoms with Crippen LogP contribution < -0.4 is 4.74 Å². The summed E-state index contributed by atoms with van der Waals surface area (Å²) >= 11 is 0. The van der Waals surface area contributed by atoms with E-state index in [1.807, 2.05) is 31.2 Å². The smallest absolute Gasteiger partial charge is 0.119 e. The van der Waals surface area contributed by atoms with Gasteiger partial charge in [0.15, 0.2) is 0 Å². The second-order valence-corrected chi connectivity index (χ2v) is 3.95. The van der Waals surface area contributed by atoms with Gasteiger partial charge in [0.2, 0.25) is 0 Å². The van der Waals surface area contributed by atoms with Crippen molar-refractivity contribution in [1.82, 2.24) is 0 Å². The molecular weight excluding hydrogens is 204 g/mol. The highest BCUT2D eigenvalue weighted by Crippen LogP contribution is 2.13. The van der Waals surface area contributed by atoms with Crippen molar-refractivity contribution in [3.8, 4) is 5.75 Å². The summed E-state index contributed by atoms with van der Waals surface area (Å²) in [6.07, 6.45) is 0.818. The molecule has 1 atom stereocenters. The average Bonchev–Trinajstić information content (AvgIpc) is 2.32. The van der Waals surface area contributed by atoms with E-state index in [9.17, 15) is 0 Å². The fourth-order valence-corrected chi connectivity index (χ4v) is 1.36. The summed E-state index contributed by atoms with van der Waals surface area (Å²) in [6, 6.07) is 7.91. The number of benzene rings is 1. The number of aryl methyl sites for hydroxylation is 1. The van der Waals surface area contributed by atoms with E-state index in [2.05, 4.69) is 0 Å². The lowest BCUT2D eigenvalue weighted by molar-refractivity contribution is 0.116. The van der Waals surface area contributed by atoms with Crippen LogP contribution in [0.2, 0.25) is 0 Å². The van der Waals surface area contributed by atoms with Gasteiger partial charge in [0.05, 0.1) is 6.61 Å². The van der Waals surface area contributed by atoms with Crippen molar-refractivity contribution >= 4 is 0 Å². The van der Waals surface area contributed by atoms with Crippen molar-refractivity contribution < 1.29 is 14.6 Å². The van der Waals surface area contributed by atoms with E-state index in [4.69, 9.17) is 14.6 Å². The summed E-state index contributed by atoms with van der Waals surface area (Å²) in [4.78, 5) is 0. The SMILES string of the molecule is COCCC(CO)COc1ccc(C)cc1. The molecule has 3 nitrogen and oxygen atoms in total. The Morgan fingerprint density at radius 1 is 1.25 bits per heavy atom. The van der Waals surface area contributed by atoms with E-state index >= 15 is 0 Å². The lowest BCUT2D eigenvalue weighted by Crippen LogP contribution is -2.17. The quantitative estimate of drug-likeness (QED) is 0.770. The molecule has 0 aliphatic carbocycles. The van der Waals surface area contributed by atoms with Gasteiger partial charge in [-0.15, -0.1) is 0 Å². The molecule has 90 valence electrons. The molecule has 0 spiro atoms. The predicted octanol–water partition coefficient (Wildman–Crippen LogP) is 2.02. The van der Waals surface area contributed by atoms with Gasteiger partial charge in [0.25, 0.3) is 0 Å². The number of methoxy groups -OCH3 is 1. The van der Waals surface area contributed by atoms with E-state index in [-0.39, 0.29) is 12.5 Å². The van der Waals surface area contributed by atoms with Crippen LogP contribution in [-0.2, 0) is 4.74 Å². The molecule has 1 aromatic rings. The number of aliphatic hydroxyl groups excluding tert-OH is 1. The zero-order valence-corrected chi connectivity index (χ0v) is 9.98. The molecule has 1 rings (SSSR count). The van der Waals surface area contributed by atoms with E-state index < -0.39 is 0 Å². The van der Waals surface area contributed by atoms with Crippen LogP contribution >= 0.6 is 0 Å². The molecular formula is C13H20O3. The molecule has 0 aromatic heterocycles. The van der Waals surface area contributed by atoms with Crippen LogP contribution in [0, 0.1) is 12.8 Å². The topological polar surface area (TPSA) is 38.7 Å². The molecule has 0 aliphatic heterocycles. The summed E-state index contributed by atoms with van der Waals surface area (Å²) in [5.74, 6) is 0.989. The Morgan fingerprint density at radius 3 is 2.50 bits per heavy atom. The second-order valence-electron chi connectivity index (χ2n) is 3.95. The molecule has 1 unspecified atom stereocenters. The van der Waals surface area contributed by atoms with Gasteiger partial charge in [-0.3, -0.25) is 0 Å². The number of hydrogen-bond donors (Lipinski definition) is 1. The van der Waals surface area contributed by atoms with Crippen molar-refractivity contribution in [3.63, 3.8) is 0 Å². The lowest BCUT2D eigenvalue weighted by Gasteiger charge is -2.14. The van der Waals surface area contributed by atoms with Gasteiger partial charge in [-0.05, 0) is 25.5 Å². The highest BCUT2D eigenvalue weighted by molar-refractivity contribution is 5.26. The summed E-state index contributed by atoms with van der Waals surface area (Å²) in [6.45, 7) is 3.36. The summed E-state index contributed by atoms with van der Waals surface area (Å²) in [5, 5.41) is 9.14. The Morgan fingerprint density at radius 2 is 1.94 bits per heavy atom. The van der Waals surface area contributed by atoms with Crippen LogP contribution in [0.5, 0.6) is 5.75 Å². The first-order valence-corrected chi connectivity index (χ1v) is 5.55. The first-order chi connectivity index (χ1) is 7.76. The fraction of sp³-hybridized carbons (Fsp3) is 0.538. The van der Waals surface area contributed by atoms with Crippen molar-refractivity contribution in [1.29, 1.82) is 0 Å². The number of aliphatic hydroxyl groups is 1. The average molecular weight is 224 g/mol. The van der Waals surface area contributed by atoms with Gasteiger partial charge in [0.1, 0.15) is 5.75 Å². The second kappa shape index (κ2) is 7.25. The monoisotopic (exact) mass is 224 g/mol. The van der Waals surface area contributed by atoms with Crippen molar-refractivity contribution in [3.05, 3.63) is 29.8 Å². The standard InChI is InChI=1S/C13H20O3/c1-11-3-5-13(6-4-11)16-10-12(9-14)7-8-15-2/h3-6,12,14H,7-10H2,1-2H3. The predicted molar refractivity (Wildman–Crippen MR) is 63.7 cm³/mol. The van der Waals surface area contributed by atoms with Crippen molar-refractivity contribution in [2.24, 2.45) is 5.92 Å². The molecule has 0 aliphatic rings. The minimum Gasteiger partial charge on any atom is -0.493 e. The van der Waals surface area contributed by atoms with Crippen LogP contribution in [-0.4, -0.2) is 32.0 Å². The molecule has 3 heteroatoms. The highest BCUT2D eigenvalue weighted by Gasteiger charge is 2.08. The van der Waals surface area contributed by atoms with Crippen molar-refractivity contribution in [2.45, 2.75) is 13.3 Å². The maximum absolute atomic E-state index is 9.14. The molecule has 0 amide bonds. The minimum atomic E-state index is 0.134. The Bertz CT molecular complexity index is 282. The zero-order chi connectivity index (χ0) is 11.8. The van der Waals surface area contributed by atoms with E-state index in [0.717, 1.165) is 12.2 Å². The van der Waals surface area contributed by atoms with Crippen LogP contribution in [0.25, 0.3) is 0 Å². The number of ether oxygens (including phenoxy) is 2. The third kappa shape index (κ3) is 4.64. The number of hydrogen-bond acceptors (Lipinski definition) is 3. The third-order valence-corrected chi connectivity index (χ3v) is 2.50. The minimum absolute atomic E-state index is 0.134. The summed E-state index contributed by atoms with van der Waals surface area (Å²) < 4.78 is 10.6. The van der Waals surface area contributed by atoms with Gasteiger partial charge < -0.3 is 14.6 Å². The third-order valence-electron chi connectivity index (χ3n) is 2.50. The van der Waals surface area contributed by atoms with E-state index in [1.54, 1.807) is 7.11 Å². The van der Waals surface area contributed by atoms with Crippen LogP contribution in [0.15, 0.2) is 24.3 Å². The molecule has 0 saturated heterocycles. The molecule has 1 N–H and O–H groups in total. The fourth-order valence-electron chi connectivity index (χ4n) is 1.36. The van der Waals surface area contributed by atoms with Crippen LogP contribution in [0.3, 0.4) is 0 Å². The molecule has 0 heterocycles. The Balaban J connectivity index is 2.34. The van der Waals surface area contributed by atoms with Gasteiger partial charge in [-0.2, -0.15) is 0 Å². The Hall–Kier alpha value is -1.06. The largest absolute Gasteiger partial charge is 0.493 e. The van der Waals surface area contributed by atoms with Gasteiger partial charge >= 0.3 is 0 Å². The van der Waals surface area contributed by atoms with Gasteiger partial charge in [-0.25, -0.2) is 0 Å². The van der Waals surface area contributed by atoms with Crippen molar-refractivity contribution in [2.75, 3.05) is 26.9 Å². The maximum Gasteiger partial charge on any atom is 0.119 e. The van der Waals surface area contributed by atoms with Crippen LogP contribution in [0.1, 0.15) is 12.0 Å². The number of rotatable bonds is 7. The molecule has 0 saturated carbocycles. The molecule has 0 radical (unpaired) electrons. The van der Waals surface area contributed by atoms with E-state index in [1.165, 1.54) is 5.56 Å². The first-order valence-electron chi connectivity index (χ1n) is 5.55. The summed E-state index contributed by atoms with van der Waals surface area (Å²) in [5.41, 5.74) is 1.21. The molecule has 0 fully saturated rings. The zero-order valence-electron chi connectivity index (χ0n) is 9.98. The van der Waals surface area contributed by atoms with Crippen LogP contribution in [0.4, 0.5) is 0 Å². The normalized spacial score (nSPS) is 12.4. The summed E-state index contributed by atoms with van der Waals surface area (Å²) in [7, 11) is 1.66. The molecule has 16 heavy (non-hydrogen) atoms. The first kappa shape index (κ1) is 13.0. The molecule has 0 bridgehead atoms. The van der Waals surface area contributed by atoms with E-state index in [0.29, 0.717) is 13.2 Å². The molecule has 1 aromatic carbocycles. The van der Waals surface area contributed by atoms with Gasteiger partial charge in [0, 0.05) is 26.2 Å². The Kier molecular flexibility index (Phi) is 5.90.